The number of aliphatic hydroxyl groups excluding tert-OH is 2. The number of aromatic nitrogens is 1. The lowest BCUT2D eigenvalue weighted by molar-refractivity contribution is -0.0768. The van der Waals surface area contributed by atoms with Crippen molar-refractivity contribution in [3.8, 4) is 11.3 Å². The van der Waals surface area contributed by atoms with Crippen molar-refractivity contribution in [3.05, 3.63) is 90.1 Å². The topological polar surface area (TPSA) is 56.6 Å². The summed E-state index contributed by atoms with van der Waals surface area (Å²) in [6.45, 7) is 2.31. The first-order chi connectivity index (χ1) is 14.2. The van der Waals surface area contributed by atoms with Crippen LogP contribution < -0.4 is 0 Å². The van der Waals surface area contributed by atoms with E-state index in [9.17, 15) is 10.2 Å². The van der Waals surface area contributed by atoms with Crippen LogP contribution in [0.4, 0.5) is 0 Å². The average Bonchev–Trinajstić information content (AvgIpc) is 2.78. The highest BCUT2D eigenvalue weighted by molar-refractivity contribution is 5.58. The van der Waals surface area contributed by atoms with Gasteiger partial charge in [0.25, 0.3) is 0 Å². The van der Waals surface area contributed by atoms with E-state index in [0.717, 1.165) is 29.9 Å². The zero-order chi connectivity index (χ0) is 20.1. The number of aliphatic hydroxyl groups is 2. The minimum atomic E-state index is -0.520. The monoisotopic (exact) mass is 388 g/mol. The standard InChI is InChI=1S/C25H28N2O2/c28-19-25(16-20-6-2-1-3-7-20)18-27(15-13-24(25)29)17-21-9-11-22(12-10-21)23-8-4-5-14-26-23/h1-12,14,24,28-29H,13,15-19H2/t24-,25+/m1/s1. The lowest BCUT2D eigenvalue weighted by Crippen LogP contribution is -2.54. The number of nitrogens with zero attached hydrogens (tertiary/aromatic N) is 2. The highest BCUT2D eigenvalue weighted by Gasteiger charge is 2.42. The van der Waals surface area contributed by atoms with Gasteiger partial charge in [0.1, 0.15) is 0 Å². The van der Waals surface area contributed by atoms with E-state index in [4.69, 9.17) is 0 Å². The third-order valence-corrected chi connectivity index (χ3v) is 6.00. The molecule has 2 aromatic carbocycles. The van der Waals surface area contributed by atoms with Gasteiger partial charge >= 0.3 is 0 Å². The van der Waals surface area contributed by atoms with Crippen LogP contribution in [0.15, 0.2) is 79.0 Å². The van der Waals surface area contributed by atoms with Crippen LogP contribution in [0.1, 0.15) is 17.5 Å². The Morgan fingerprint density at radius 2 is 1.69 bits per heavy atom. The molecular weight excluding hydrogens is 360 g/mol. The van der Waals surface area contributed by atoms with E-state index in [1.54, 1.807) is 0 Å². The van der Waals surface area contributed by atoms with Gasteiger partial charge in [0.15, 0.2) is 0 Å². The maximum absolute atomic E-state index is 10.7. The van der Waals surface area contributed by atoms with Crippen LogP contribution in [-0.4, -0.2) is 45.9 Å². The Hall–Kier alpha value is -2.53. The number of piperidine rings is 1. The smallest absolute Gasteiger partial charge is 0.0701 e. The summed E-state index contributed by atoms with van der Waals surface area (Å²) in [4.78, 5) is 6.76. The van der Waals surface area contributed by atoms with Gasteiger partial charge in [0.2, 0.25) is 0 Å². The summed E-state index contributed by atoms with van der Waals surface area (Å²) in [5, 5.41) is 21.0. The molecule has 0 bridgehead atoms. The van der Waals surface area contributed by atoms with E-state index in [2.05, 4.69) is 46.3 Å². The van der Waals surface area contributed by atoms with E-state index in [1.807, 2.05) is 42.6 Å². The average molecular weight is 389 g/mol. The Morgan fingerprint density at radius 1 is 0.931 bits per heavy atom. The first-order valence-corrected chi connectivity index (χ1v) is 10.2. The fraction of sp³-hybridized carbons (Fsp3) is 0.320. The Kier molecular flexibility index (Phi) is 6.05. The molecule has 2 atom stereocenters. The number of pyridine rings is 1. The Bertz CT molecular complexity index is 899. The van der Waals surface area contributed by atoms with Gasteiger partial charge in [-0.25, -0.2) is 0 Å². The van der Waals surface area contributed by atoms with E-state index in [-0.39, 0.29) is 6.61 Å². The second-order valence-corrected chi connectivity index (χ2v) is 8.11. The first kappa shape index (κ1) is 19.8. The molecule has 4 heteroatoms. The number of benzene rings is 2. The molecule has 1 aliphatic heterocycles. The van der Waals surface area contributed by atoms with Gasteiger partial charge in [-0.15, -0.1) is 0 Å². The van der Waals surface area contributed by atoms with E-state index < -0.39 is 11.5 Å². The summed E-state index contributed by atoms with van der Waals surface area (Å²) in [5.41, 5.74) is 3.95. The number of likely N-dealkylation sites (tertiary alicyclic amines) is 1. The predicted molar refractivity (Wildman–Crippen MR) is 115 cm³/mol. The molecule has 3 aromatic rings. The second-order valence-electron chi connectivity index (χ2n) is 8.11. The van der Waals surface area contributed by atoms with Gasteiger partial charge in [0, 0.05) is 36.8 Å². The molecule has 4 rings (SSSR count). The lowest BCUT2D eigenvalue weighted by Gasteiger charge is -2.45. The molecule has 150 valence electrons. The number of rotatable bonds is 6. The lowest BCUT2D eigenvalue weighted by atomic mass is 9.73. The molecule has 1 saturated heterocycles. The van der Waals surface area contributed by atoms with Crippen molar-refractivity contribution in [2.24, 2.45) is 5.41 Å². The van der Waals surface area contributed by atoms with Crippen molar-refractivity contribution in [3.63, 3.8) is 0 Å². The third kappa shape index (κ3) is 4.56. The van der Waals surface area contributed by atoms with Crippen LogP contribution >= 0.6 is 0 Å². The minimum absolute atomic E-state index is 0.0157. The fourth-order valence-electron chi connectivity index (χ4n) is 4.34. The molecule has 0 saturated carbocycles. The Balaban J connectivity index is 1.46. The molecule has 0 spiro atoms. The van der Waals surface area contributed by atoms with Crippen LogP contribution in [0.5, 0.6) is 0 Å². The predicted octanol–water partition coefficient (Wildman–Crippen LogP) is 3.54. The Labute approximate surface area is 172 Å². The molecule has 1 aromatic heterocycles. The molecule has 1 aliphatic rings. The molecule has 0 unspecified atom stereocenters. The van der Waals surface area contributed by atoms with Crippen LogP contribution in [0.3, 0.4) is 0 Å². The summed E-state index contributed by atoms with van der Waals surface area (Å²) in [6, 6.07) is 24.6. The summed E-state index contributed by atoms with van der Waals surface area (Å²) >= 11 is 0. The highest BCUT2D eigenvalue weighted by atomic mass is 16.3. The van der Waals surface area contributed by atoms with Crippen LogP contribution in [-0.2, 0) is 13.0 Å². The molecule has 1 fully saturated rings. The molecule has 2 N–H and O–H groups in total. The van der Waals surface area contributed by atoms with E-state index >= 15 is 0 Å². The largest absolute Gasteiger partial charge is 0.396 e. The molecular formula is C25H28N2O2. The van der Waals surface area contributed by atoms with E-state index in [1.165, 1.54) is 5.56 Å². The normalized spacial score (nSPS) is 22.5. The first-order valence-electron chi connectivity index (χ1n) is 10.2. The summed E-state index contributed by atoms with van der Waals surface area (Å²) in [7, 11) is 0. The molecule has 2 heterocycles. The zero-order valence-corrected chi connectivity index (χ0v) is 16.6. The van der Waals surface area contributed by atoms with Crippen molar-refractivity contribution in [2.45, 2.75) is 25.5 Å². The van der Waals surface area contributed by atoms with Gasteiger partial charge in [0.05, 0.1) is 18.4 Å². The minimum Gasteiger partial charge on any atom is -0.396 e. The zero-order valence-electron chi connectivity index (χ0n) is 16.6. The van der Waals surface area contributed by atoms with Crippen molar-refractivity contribution in [1.82, 2.24) is 9.88 Å². The van der Waals surface area contributed by atoms with Gasteiger partial charge in [-0.2, -0.15) is 0 Å². The fourth-order valence-corrected chi connectivity index (χ4v) is 4.34. The summed E-state index contributed by atoms with van der Waals surface area (Å²) in [5.74, 6) is 0. The maximum atomic E-state index is 10.7. The van der Waals surface area contributed by atoms with Gasteiger partial charge in [-0.3, -0.25) is 9.88 Å². The Morgan fingerprint density at radius 3 is 2.38 bits per heavy atom. The molecule has 4 nitrogen and oxygen atoms in total. The van der Waals surface area contributed by atoms with E-state index in [0.29, 0.717) is 19.4 Å². The second kappa shape index (κ2) is 8.87. The SMILES string of the molecule is OC[C@]1(Cc2ccccc2)CN(Cc2ccc(-c3ccccn3)cc2)CC[C@H]1O. The van der Waals surface area contributed by atoms with Gasteiger partial charge in [-0.05, 0) is 36.1 Å². The quantitative estimate of drug-likeness (QED) is 0.678. The van der Waals surface area contributed by atoms with Crippen LogP contribution in [0, 0.1) is 5.41 Å². The van der Waals surface area contributed by atoms with Crippen LogP contribution in [0.2, 0.25) is 0 Å². The van der Waals surface area contributed by atoms with Crippen LogP contribution in [0.25, 0.3) is 11.3 Å². The molecule has 0 aliphatic carbocycles. The summed E-state index contributed by atoms with van der Waals surface area (Å²) in [6.07, 6.45) is 2.68. The third-order valence-electron chi connectivity index (χ3n) is 6.00. The molecule has 29 heavy (non-hydrogen) atoms. The highest BCUT2D eigenvalue weighted by Crippen LogP contribution is 2.34. The van der Waals surface area contributed by atoms with Crippen molar-refractivity contribution >= 4 is 0 Å². The number of hydrogen-bond donors (Lipinski definition) is 2. The van der Waals surface area contributed by atoms with Crippen molar-refractivity contribution in [1.29, 1.82) is 0 Å². The number of hydrogen-bond acceptors (Lipinski definition) is 4. The van der Waals surface area contributed by atoms with Gasteiger partial charge < -0.3 is 10.2 Å². The van der Waals surface area contributed by atoms with Gasteiger partial charge in [-0.1, -0.05) is 60.7 Å². The molecule has 0 radical (unpaired) electrons. The summed E-state index contributed by atoms with van der Waals surface area (Å²) < 4.78 is 0. The van der Waals surface area contributed by atoms with Crippen molar-refractivity contribution < 1.29 is 10.2 Å². The maximum Gasteiger partial charge on any atom is 0.0701 e. The van der Waals surface area contributed by atoms with Crippen molar-refractivity contribution in [2.75, 3.05) is 19.7 Å². The molecule has 0 amide bonds.